The zero-order valence-corrected chi connectivity index (χ0v) is 14.7. The Morgan fingerprint density at radius 3 is 2.77 bits per heavy atom. The topological polar surface area (TPSA) is 38.4 Å². The molecule has 0 saturated carbocycles. The van der Waals surface area contributed by atoms with Crippen molar-refractivity contribution < 1.29 is 9.21 Å². The third kappa shape index (κ3) is 2.32. The van der Waals surface area contributed by atoms with Gasteiger partial charge in [-0.05, 0) is 47.3 Å². The molecular formula is C21H16N2O2S. The smallest absolute Gasteiger partial charge is 0.290 e. The number of carbonyl (C=O) groups is 1. The summed E-state index contributed by atoms with van der Waals surface area (Å²) in [6.45, 7) is 0.528. The summed E-state index contributed by atoms with van der Waals surface area (Å²) in [5.41, 5.74) is 3.31. The van der Waals surface area contributed by atoms with Gasteiger partial charge in [-0.1, -0.05) is 24.3 Å². The van der Waals surface area contributed by atoms with Gasteiger partial charge in [0.2, 0.25) is 0 Å². The van der Waals surface area contributed by atoms with Crippen LogP contribution in [0.4, 0.5) is 0 Å². The number of amides is 1. The maximum Gasteiger partial charge on any atom is 0.290 e. The number of nitrogens with zero attached hydrogens (tertiary/aromatic N) is 2. The molecule has 1 aliphatic heterocycles. The van der Waals surface area contributed by atoms with E-state index in [4.69, 9.17) is 4.42 Å². The van der Waals surface area contributed by atoms with Crippen LogP contribution in [-0.4, -0.2) is 15.4 Å². The van der Waals surface area contributed by atoms with E-state index in [1.165, 1.54) is 0 Å². The maximum atomic E-state index is 13.3. The number of benzene rings is 1. The van der Waals surface area contributed by atoms with Gasteiger partial charge in [0.1, 0.15) is 6.04 Å². The Bertz CT molecular complexity index is 1050. The first-order chi connectivity index (χ1) is 12.8. The molecule has 0 radical (unpaired) electrons. The molecule has 0 N–H and O–H groups in total. The van der Waals surface area contributed by atoms with E-state index in [-0.39, 0.29) is 11.9 Å². The van der Waals surface area contributed by atoms with Crippen LogP contribution < -0.4 is 0 Å². The van der Waals surface area contributed by atoms with Gasteiger partial charge in [0.15, 0.2) is 5.76 Å². The molecule has 4 aromatic rings. The number of aromatic nitrogens is 1. The van der Waals surface area contributed by atoms with Crippen LogP contribution in [0.2, 0.25) is 0 Å². The second kappa shape index (κ2) is 6.04. The van der Waals surface area contributed by atoms with Crippen LogP contribution in [0, 0.1) is 0 Å². The van der Waals surface area contributed by atoms with Crippen LogP contribution in [0.1, 0.15) is 32.7 Å². The van der Waals surface area contributed by atoms with Crippen molar-refractivity contribution in [1.82, 2.24) is 9.47 Å². The van der Waals surface area contributed by atoms with Gasteiger partial charge in [0, 0.05) is 17.6 Å². The first-order valence-electron chi connectivity index (χ1n) is 8.46. The minimum atomic E-state index is -0.157. The van der Waals surface area contributed by atoms with E-state index >= 15 is 0 Å². The van der Waals surface area contributed by atoms with Gasteiger partial charge in [-0.25, -0.2) is 0 Å². The number of para-hydroxylation sites is 1. The Labute approximate surface area is 154 Å². The summed E-state index contributed by atoms with van der Waals surface area (Å²) in [6, 6.07) is 19.8. The fourth-order valence-electron chi connectivity index (χ4n) is 3.63. The normalized spacial score (nSPS) is 16.0. The highest BCUT2D eigenvalue weighted by molar-refractivity contribution is 7.10. The Balaban J connectivity index is 1.73. The lowest BCUT2D eigenvalue weighted by molar-refractivity contribution is 0.0661. The quantitative estimate of drug-likeness (QED) is 0.511. The van der Waals surface area contributed by atoms with Gasteiger partial charge in [-0.2, -0.15) is 0 Å². The number of rotatable bonds is 2. The van der Waals surface area contributed by atoms with Gasteiger partial charge >= 0.3 is 0 Å². The third-order valence-electron chi connectivity index (χ3n) is 4.77. The molecule has 0 fully saturated rings. The minimum Gasteiger partial charge on any atom is -0.459 e. The number of fused-ring (bicyclic) bond motifs is 3. The lowest BCUT2D eigenvalue weighted by Crippen LogP contribution is -2.34. The van der Waals surface area contributed by atoms with Crippen LogP contribution in [-0.2, 0) is 6.54 Å². The summed E-state index contributed by atoms with van der Waals surface area (Å²) >= 11 is 1.66. The maximum absolute atomic E-state index is 13.3. The van der Waals surface area contributed by atoms with E-state index in [0.29, 0.717) is 12.3 Å². The molecule has 0 saturated heterocycles. The SMILES string of the molecule is O=C(c1ccco1)N1Cc2ccccc2-n2cccc2C1c1cccs1. The van der Waals surface area contributed by atoms with Crippen molar-refractivity contribution >= 4 is 17.2 Å². The highest BCUT2D eigenvalue weighted by Crippen LogP contribution is 2.38. The fraction of sp³-hybridized carbons (Fsp3) is 0.0952. The van der Waals surface area contributed by atoms with Gasteiger partial charge in [0.25, 0.3) is 5.91 Å². The van der Waals surface area contributed by atoms with Crippen molar-refractivity contribution in [2.45, 2.75) is 12.6 Å². The van der Waals surface area contributed by atoms with Crippen molar-refractivity contribution in [3.8, 4) is 5.69 Å². The zero-order valence-electron chi connectivity index (χ0n) is 13.9. The molecular weight excluding hydrogens is 344 g/mol. The molecule has 5 heteroatoms. The van der Waals surface area contributed by atoms with Gasteiger partial charge in [-0.3, -0.25) is 4.79 Å². The van der Waals surface area contributed by atoms with Gasteiger partial charge in [-0.15, -0.1) is 11.3 Å². The molecule has 1 aliphatic rings. The van der Waals surface area contributed by atoms with Crippen LogP contribution in [0.15, 0.2) is 82.9 Å². The molecule has 3 aromatic heterocycles. The predicted molar refractivity (Wildman–Crippen MR) is 101 cm³/mol. The molecule has 0 bridgehead atoms. The standard InChI is InChI=1S/C21H16N2O2S/c24-21(18-9-4-12-25-18)23-14-15-6-1-2-7-16(15)22-11-3-8-17(22)20(23)19-10-5-13-26-19/h1-13,20H,14H2. The number of hydrogen-bond acceptors (Lipinski definition) is 3. The zero-order chi connectivity index (χ0) is 17.5. The van der Waals surface area contributed by atoms with Crippen molar-refractivity contribution in [3.05, 3.63) is 100 Å². The first kappa shape index (κ1) is 15.2. The summed E-state index contributed by atoms with van der Waals surface area (Å²) in [4.78, 5) is 16.3. The third-order valence-corrected chi connectivity index (χ3v) is 5.69. The molecule has 4 heterocycles. The Morgan fingerprint density at radius 1 is 1.04 bits per heavy atom. The first-order valence-corrected chi connectivity index (χ1v) is 9.34. The molecule has 1 aromatic carbocycles. The molecule has 4 nitrogen and oxygen atoms in total. The van der Waals surface area contributed by atoms with E-state index in [9.17, 15) is 4.79 Å². The van der Waals surface area contributed by atoms with Crippen molar-refractivity contribution in [3.63, 3.8) is 0 Å². The predicted octanol–water partition coefficient (Wildman–Crippen LogP) is 4.88. The van der Waals surface area contributed by atoms with Crippen LogP contribution in [0.5, 0.6) is 0 Å². The summed E-state index contributed by atoms with van der Waals surface area (Å²) < 4.78 is 7.61. The molecule has 0 spiro atoms. The number of thiophene rings is 1. The molecule has 1 amide bonds. The number of hydrogen-bond donors (Lipinski definition) is 0. The fourth-order valence-corrected chi connectivity index (χ4v) is 4.48. The average molecular weight is 360 g/mol. The Hall–Kier alpha value is -3.05. The van der Waals surface area contributed by atoms with E-state index in [2.05, 4.69) is 40.4 Å². The average Bonchev–Trinajstić information content (AvgIpc) is 3.43. The number of furan rings is 1. The lowest BCUT2D eigenvalue weighted by atomic mass is 10.1. The van der Waals surface area contributed by atoms with Crippen molar-refractivity contribution in [2.75, 3.05) is 0 Å². The van der Waals surface area contributed by atoms with Gasteiger partial charge in [0.05, 0.1) is 17.6 Å². The highest BCUT2D eigenvalue weighted by atomic mass is 32.1. The van der Waals surface area contributed by atoms with Crippen LogP contribution in [0.25, 0.3) is 5.69 Å². The summed E-state index contributed by atoms with van der Waals surface area (Å²) in [7, 11) is 0. The van der Waals surface area contributed by atoms with E-state index in [1.807, 2.05) is 29.2 Å². The highest BCUT2D eigenvalue weighted by Gasteiger charge is 2.34. The number of carbonyl (C=O) groups excluding carboxylic acids is 1. The minimum absolute atomic E-state index is 0.0992. The molecule has 128 valence electrons. The lowest BCUT2D eigenvalue weighted by Gasteiger charge is -2.29. The van der Waals surface area contributed by atoms with E-state index in [1.54, 1.807) is 29.7 Å². The summed E-state index contributed by atoms with van der Waals surface area (Å²) in [5, 5.41) is 2.05. The van der Waals surface area contributed by atoms with Crippen LogP contribution in [0.3, 0.4) is 0 Å². The Kier molecular flexibility index (Phi) is 3.53. The molecule has 1 unspecified atom stereocenters. The van der Waals surface area contributed by atoms with E-state index in [0.717, 1.165) is 21.8 Å². The van der Waals surface area contributed by atoms with Crippen LogP contribution >= 0.6 is 11.3 Å². The second-order valence-corrected chi connectivity index (χ2v) is 7.24. The van der Waals surface area contributed by atoms with Gasteiger partial charge < -0.3 is 13.9 Å². The van der Waals surface area contributed by atoms with Crippen molar-refractivity contribution in [2.24, 2.45) is 0 Å². The van der Waals surface area contributed by atoms with E-state index < -0.39 is 0 Å². The molecule has 1 atom stereocenters. The summed E-state index contributed by atoms with van der Waals surface area (Å²) in [5.74, 6) is 0.266. The van der Waals surface area contributed by atoms with Crippen molar-refractivity contribution in [1.29, 1.82) is 0 Å². The largest absolute Gasteiger partial charge is 0.459 e. The molecule has 0 aliphatic carbocycles. The second-order valence-electron chi connectivity index (χ2n) is 6.26. The monoisotopic (exact) mass is 360 g/mol. The molecule has 5 rings (SSSR count). The Morgan fingerprint density at radius 2 is 1.96 bits per heavy atom. The summed E-state index contributed by atoms with van der Waals surface area (Å²) in [6.07, 6.45) is 3.61. The molecule has 26 heavy (non-hydrogen) atoms.